The summed E-state index contributed by atoms with van der Waals surface area (Å²) in [5.74, 6) is -0.584. The van der Waals surface area contributed by atoms with Gasteiger partial charge in [-0.1, -0.05) is 35.9 Å². The van der Waals surface area contributed by atoms with Gasteiger partial charge < -0.3 is 9.88 Å². The maximum absolute atomic E-state index is 13.0. The van der Waals surface area contributed by atoms with Crippen molar-refractivity contribution in [1.29, 1.82) is 0 Å². The van der Waals surface area contributed by atoms with Crippen LogP contribution in [0.5, 0.6) is 0 Å². The number of carbonyl (C=O) groups excluding carboxylic acids is 1. The van der Waals surface area contributed by atoms with Gasteiger partial charge in [-0.25, -0.2) is 4.39 Å². The van der Waals surface area contributed by atoms with Crippen molar-refractivity contribution in [3.63, 3.8) is 0 Å². The summed E-state index contributed by atoms with van der Waals surface area (Å²) < 4.78 is 44.8. The largest absolute Gasteiger partial charge is 0.348 e. The molecule has 1 heterocycles. The second-order valence-corrected chi connectivity index (χ2v) is 9.30. The van der Waals surface area contributed by atoms with Gasteiger partial charge in [-0.2, -0.15) is 8.42 Å². The summed E-state index contributed by atoms with van der Waals surface area (Å²) in [5.41, 5.74) is 3.02. The Hall–Kier alpha value is -3.49. The number of aryl methyl sites for hydroxylation is 1. The molecular weight excluding hydrogens is 443 g/mol. The predicted molar refractivity (Wildman–Crippen MR) is 124 cm³/mol. The van der Waals surface area contributed by atoms with Crippen molar-refractivity contribution in [2.45, 2.75) is 24.9 Å². The number of rotatable bonds is 8. The maximum Gasteiger partial charge on any atom is 0.297 e. The number of hydrogen-bond acceptors (Lipinski definition) is 4. The molecule has 0 saturated carbocycles. The molecule has 6 nitrogen and oxygen atoms in total. The first-order valence-electron chi connectivity index (χ1n) is 10.4. The van der Waals surface area contributed by atoms with E-state index < -0.39 is 10.1 Å². The standard InChI is InChI=1S/C25H23FN2O4S/c1-18-2-10-23(11-3-18)33(30,31)32-15-14-28-13-12-20-6-7-21(16-24(20)28)25(29)27-17-19-4-8-22(26)9-5-19/h2-13,16H,14-15,17H2,1H3,(H,27,29). The van der Waals surface area contributed by atoms with Crippen molar-refractivity contribution in [1.82, 2.24) is 9.88 Å². The van der Waals surface area contributed by atoms with Crippen LogP contribution in [0.2, 0.25) is 0 Å². The molecular formula is C25H23FN2O4S. The van der Waals surface area contributed by atoms with Gasteiger partial charge in [-0.05, 0) is 60.3 Å². The van der Waals surface area contributed by atoms with Gasteiger partial charge in [0.15, 0.2) is 0 Å². The van der Waals surface area contributed by atoms with Crippen LogP contribution in [0.4, 0.5) is 4.39 Å². The van der Waals surface area contributed by atoms with E-state index in [4.69, 9.17) is 4.18 Å². The number of nitrogens with zero attached hydrogens (tertiary/aromatic N) is 1. The lowest BCUT2D eigenvalue weighted by molar-refractivity contribution is 0.0951. The minimum absolute atomic E-state index is 0.0407. The Morgan fingerprint density at radius 2 is 1.73 bits per heavy atom. The Kier molecular flexibility index (Phi) is 6.57. The number of aromatic nitrogens is 1. The predicted octanol–water partition coefficient (Wildman–Crippen LogP) is 4.42. The molecule has 3 aromatic carbocycles. The van der Waals surface area contributed by atoms with Crippen molar-refractivity contribution in [3.8, 4) is 0 Å². The molecule has 1 aromatic heterocycles. The summed E-state index contributed by atoms with van der Waals surface area (Å²) in [7, 11) is -3.84. The highest BCUT2D eigenvalue weighted by molar-refractivity contribution is 7.86. The molecule has 0 aliphatic carbocycles. The van der Waals surface area contributed by atoms with E-state index in [9.17, 15) is 17.6 Å². The minimum Gasteiger partial charge on any atom is -0.348 e. The number of benzene rings is 3. The Bertz CT molecular complexity index is 1380. The summed E-state index contributed by atoms with van der Waals surface area (Å²) in [6.45, 7) is 2.42. The van der Waals surface area contributed by atoms with Crippen molar-refractivity contribution in [2.24, 2.45) is 0 Å². The number of fused-ring (bicyclic) bond motifs is 1. The molecule has 1 amide bonds. The topological polar surface area (TPSA) is 77.4 Å². The zero-order valence-electron chi connectivity index (χ0n) is 18.0. The number of halogens is 1. The van der Waals surface area contributed by atoms with Gasteiger partial charge in [-0.3, -0.25) is 8.98 Å². The van der Waals surface area contributed by atoms with Gasteiger partial charge in [0.2, 0.25) is 0 Å². The van der Waals surface area contributed by atoms with Crippen molar-refractivity contribution >= 4 is 26.9 Å². The van der Waals surface area contributed by atoms with Crippen molar-refractivity contribution in [3.05, 3.63) is 102 Å². The summed E-state index contributed by atoms with van der Waals surface area (Å²) >= 11 is 0. The smallest absolute Gasteiger partial charge is 0.297 e. The van der Waals surface area contributed by atoms with E-state index in [-0.39, 0.29) is 29.8 Å². The number of amides is 1. The van der Waals surface area contributed by atoms with Gasteiger partial charge in [0.1, 0.15) is 5.82 Å². The molecule has 4 aromatic rings. The van der Waals surface area contributed by atoms with E-state index in [1.807, 2.05) is 29.8 Å². The average Bonchev–Trinajstić information content (AvgIpc) is 3.21. The summed E-state index contributed by atoms with van der Waals surface area (Å²) in [4.78, 5) is 12.7. The molecule has 1 N–H and O–H groups in total. The molecule has 0 atom stereocenters. The van der Waals surface area contributed by atoms with Crippen LogP contribution in [-0.2, 0) is 27.4 Å². The summed E-state index contributed by atoms with van der Waals surface area (Å²) in [6.07, 6.45) is 1.83. The SMILES string of the molecule is Cc1ccc(S(=O)(=O)OCCn2ccc3ccc(C(=O)NCc4ccc(F)cc4)cc32)cc1. The normalized spacial score (nSPS) is 11.6. The van der Waals surface area contributed by atoms with E-state index in [2.05, 4.69) is 5.32 Å². The van der Waals surface area contributed by atoms with Crippen LogP contribution < -0.4 is 5.32 Å². The maximum atomic E-state index is 13.0. The fourth-order valence-electron chi connectivity index (χ4n) is 3.43. The third kappa shape index (κ3) is 5.47. The first-order valence-corrected chi connectivity index (χ1v) is 11.8. The van der Waals surface area contributed by atoms with E-state index >= 15 is 0 Å². The Morgan fingerprint density at radius 1 is 1.00 bits per heavy atom. The molecule has 0 fully saturated rings. The summed E-state index contributed by atoms with van der Waals surface area (Å²) in [6, 6.07) is 19.6. The lowest BCUT2D eigenvalue weighted by Gasteiger charge is -2.09. The van der Waals surface area contributed by atoms with Gasteiger partial charge in [-0.15, -0.1) is 0 Å². The van der Waals surface area contributed by atoms with Crippen LogP contribution in [-0.4, -0.2) is 25.5 Å². The molecule has 0 bridgehead atoms. The molecule has 0 spiro atoms. The molecule has 0 aliphatic heterocycles. The first-order chi connectivity index (χ1) is 15.8. The molecule has 8 heteroatoms. The van der Waals surface area contributed by atoms with E-state index in [0.29, 0.717) is 12.1 Å². The van der Waals surface area contributed by atoms with Crippen molar-refractivity contribution in [2.75, 3.05) is 6.61 Å². The number of nitrogens with one attached hydrogen (secondary N) is 1. The fourth-order valence-corrected chi connectivity index (χ4v) is 4.32. The van der Waals surface area contributed by atoms with E-state index in [1.165, 1.54) is 24.3 Å². The van der Waals surface area contributed by atoms with E-state index in [1.54, 1.807) is 36.4 Å². The molecule has 170 valence electrons. The van der Waals surface area contributed by atoms with Crippen LogP contribution in [0, 0.1) is 12.7 Å². The molecule has 4 rings (SSSR count). The van der Waals surface area contributed by atoms with E-state index in [0.717, 1.165) is 22.0 Å². The van der Waals surface area contributed by atoms with Crippen molar-refractivity contribution < 1.29 is 21.8 Å². The second-order valence-electron chi connectivity index (χ2n) is 7.68. The molecule has 0 aliphatic rings. The van der Waals surface area contributed by atoms with Crippen LogP contribution >= 0.6 is 0 Å². The lowest BCUT2D eigenvalue weighted by Crippen LogP contribution is -2.22. The molecule has 0 saturated heterocycles. The Labute approximate surface area is 191 Å². The van der Waals surface area contributed by atoms with Gasteiger partial charge in [0, 0.05) is 30.4 Å². The third-order valence-electron chi connectivity index (χ3n) is 5.28. The monoisotopic (exact) mass is 466 g/mol. The van der Waals surface area contributed by atoms with Gasteiger partial charge in [0.05, 0.1) is 11.5 Å². The van der Waals surface area contributed by atoms with Crippen LogP contribution in [0.3, 0.4) is 0 Å². The average molecular weight is 467 g/mol. The highest BCUT2D eigenvalue weighted by Gasteiger charge is 2.15. The second kappa shape index (κ2) is 9.56. The lowest BCUT2D eigenvalue weighted by atomic mass is 10.1. The molecule has 33 heavy (non-hydrogen) atoms. The zero-order valence-corrected chi connectivity index (χ0v) is 18.8. The van der Waals surface area contributed by atoms with Crippen LogP contribution in [0.1, 0.15) is 21.5 Å². The number of carbonyl (C=O) groups is 1. The Morgan fingerprint density at radius 3 is 2.45 bits per heavy atom. The third-order valence-corrected chi connectivity index (χ3v) is 6.61. The van der Waals surface area contributed by atoms with Crippen LogP contribution in [0.25, 0.3) is 10.9 Å². The number of hydrogen-bond donors (Lipinski definition) is 1. The molecule has 0 radical (unpaired) electrons. The zero-order chi connectivity index (χ0) is 23.4. The quantitative estimate of drug-likeness (QED) is 0.390. The highest BCUT2D eigenvalue weighted by atomic mass is 32.2. The van der Waals surface area contributed by atoms with Gasteiger partial charge in [0.25, 0.3) is 16.0 Å². The minimum atomic E-state index is -3.84. The highest BCUT2D eigenvalue weighted by Crippen LogP contribution is 2.19. The summed E-state index contributed by atoms with van der Waals surface area (Å²) in [5, 5.41) is 3.74. The van der Waals surface area contributed by atoms with Gasteiger partial charge >= 0.3 is 0 Å². The Balaban J connectivity index is 1.41. The van der Waals surface area contributed by atoms with Crippen LogP contribution in [0.15, 0.2) is 83.9 Å². The fraction of sp³-hybridized carbons (Fsp3) is 0.160. The molecule has 0 unspecified atom stereocenters. The first kappa shape index (κ1) is 22.7.